The third kappa shape index (κ3) is 2.52. The van der Waals surface area contributed by atoms with Gasteiger partial charge in [0.05, 0.1) is 12.3 Å². The molecular weight excluding hydrogens is 226 g/mol. The van der Waals surface area contributed by atoms with Crippen molar-refractivity contribution in [2.45, 2.75) is 39.7 Å². The first-order valence-electron chi connectivity index (χ1n) is 6.79. The van der Waals surface area contributed by atoms with Crippen molar-refractivity contribution in [3.05, 3.63) is 12.1 Å². The molecular formula is C14H23N3O. The smallest absolute Gasteiger partial charge is 0.239 e. The minimum atomic E-state index is 0.518. The highest BCUT2D eigenvalue weighted by Crippen LogP contribution is 2.30. The van der Waals surface area contributed by atoms with Gasteiger partial charge in [-0.2, -0.15) is 4.98 Å². The number of pyridine rings is 1. The van der Waals surface area contributed by atoms with E-state index in [9.17, 15) is 0 Å². The molecule has 0 aliphatic carbocycles. The SMILES string of the molecule is CCOc1nc(N2CCCC(C)C2C)ccc1N. The zero-order chi connectivity index (χ0) is 13.1. The molecule has 100 valence electrons. The summed E-state index contributed by atoms with van der Waals surface area (Å²) in [5.41, 5.74) is 6.47. The Morgan fingerprint density at radius 3 is 2.94 bits per heavy atom. The van der Waals surface area contributed by atoms with Gasteiger partial charge in [-0.25, -0.2) is 0 Å². The Morgan fingerprint density at radius 1 is 1.44 bits per heavy atom. The second kappa shape index (κ2) is 5.46. The highest BCUT2D eigenvalue weighted by Gasteiger charge is 2.26. The fourth-order valence-electron chi connectivity index (χ4n) is 2.51. The Labute approximate surface area is 109 Å². The molecule has 2 atom stereocenters. The number of nitrogen functional groups attached to an aromatic ring is 1. The summed E-state index contributed by atoms with van der Waals surface area (Å²) in [5, 5.41) is 0. The molecule has 0 amide bonds. The molecule has 0 bridgehead atoms. The molecule has 1 aliphatic heterocycles. The van der Waals surface area contributed by atoms with Crippen molar-refractivity contribution in [1.29, 1.82) is 0 Å². The maximum absolute atomic E-state index is 5.86. The first kappa shape index (κ1) is 13.0. The second-order valence-electron chi connectivity index (χ2n) is 5.05. The first-order valence-corrected chi connectivity index (χ1v) is 6.79. The van der Waals surface area contributed by atoms with Crippen LogP contribution in [0.3, 0.4) is 0 Å². The van der Waals surface area contributed by atoms with Gasteiger partial charge in [-0.1, -0.05) is 6.92 Å². The number of nitrogens with two attached hydrogens (primary N) is 1. The summed E-state index contributed by atoms with van der Waals surface area (Å²) in [4.78, 5) is 6.91. The summed E-state index contributed by atoms with van der Waals surface area (Å²) in [6, 6.07) is 4.40. The fourth-order valence-corrected chi connectivity index (χ4v) is 2.51. The molecule has 0 saturated carbocycles. The monoisotopic (exact) mass is 249 g/mol. The number of hydrogen-bond acceptors (Lipinski definition) is 4. The number of rotatable bonds is 3. The van der Waals surface area contributed by atoms with Crippen molar-refractivity contribution >= 4 is 11.5 Å². The number of aromatic nitrogens is 1. The summed E-state index contributed by atoms with van der Waals surface area (Å²) in [5.74, 6) is 2.24. The molecule has 0 spiro atoms. The van der Waals surface area contributed by atoms with Gasteiger partial charge in [0.25, 0.3) is 0 Å². The largest absolute Gasteiger partial charge is 0.476 e. The normalized spacial score (nSPS) is 24.1. The number of ether oxygens (including phenoxy) is 1. The molecule has 2 rings (SSSR count). The Morgan fingerprint density at radius 2 is 2.22 bits per heavy atom. The lowest BCUT2D eigenvalue weighted by Gasteiger charge is -2.38. The Bertz CT molecular complexity index is 408. The van der Waals surface area contributed by atoms with Crippen LogP contribution in [0.15, 0.2) is 12.1 Å². The number of piperidine rings is 1. The number of anilines is 2. The van der Waals surface area contributed by atoms with Crippen molar-refractivity contribution in [3.8, 4) is 5.88 Å². The van der Waals surface area contributed by atoms with E-state index in [1.54, 1.807) is 0 Å². The lowest BCUT2D eigenvalue weighted by molar-refractivity contribution is 0.326. The average molecular weight is 249 g/mol. The summed E-state index contributed by atoms with van der Waals surface area (Å²) < 4.78 is 5.47. The molecule has 1 aliphatic rings. The summed E-state index contributed by atoms with van der Waals surface area (Å²) in [6.07, 6.45) is 2.52. The molecule has 4 heteroatoms. The lowest BCUT2D eigenvalue weighted by Crippen LogP contribution is -2.42. The maximum Gasteiger partial charge on any atom is 0.239 e. The van der Waals surface area contributed by atoms with Gasteiger partial charge in [0.1, 0.15) is 5.82 Å². The molecule has 2 unspecified atom stereocenters. The molecule has 1 aromatic heterocycles. The highest BCUT2D eigenvalue weighted by atomic mass is 16.5. The molecule has 1 aromatic rings. The molecule has 1 saturated heterocycles. The quantitative estimate of drug-likeness (QED) is 0.895. The molecule has 4 nitrogen and oxygen atoms in total. The molecule has 0 aromatic carbocycles. The van der Waals surface area contributed by atoms with Gasteiger partial charge in [0.2, 0.25) is 5.88 Å². The van der Waals surface area contributed by atoms with Crippen LogP contribution in [0.25, 0.3) is 0 Å². The third-order valence-electron chi connectivity index (χ3n) is 3.82. The van der Waals surface area contributed by atoms with Crippen molar-refractivity contribution in [3.63, 3.8) is 0 Å². The molecule has 2 heterocycles. The van der Waals surface area contributed by atoms with Crippen LogP contribution in [0.2, 0.25) is 0 Å². The zero-order valence-electron chi connectivity index (χ0n) is 11.5. The Kier molecular flexibility index (Phi) is 3.94. The van der Waals surface area contributed by atoms with Gasteiger partial charge in [0, 0.05) is 12.6 Å². The van der Waals surface area contributed by atoms with Crippen molar-refractivity contribution < 1.29 is 4.74 Å². The van der Waals surface area contributed by atoms with E-state index in [4.69, 9.17) is 10.5 Å². The fraction of sp³-hybridized carbons (Fsp3) is 0.643. The van der Waals surface area contributed by atoms with Crippen molar-refractivity contribution in [2.24, 2.45) is 5.92 Å². The lowest BCUT2D eigenvalue weighted by atomic mass is 9.92. The van der Waals surface area contributed by atoms with Gasteiger partial charge in [0.15, 0.2) is 0 Å². The van der Waals surface area contributed by atoms with Crippen molar-refractivity contribution in [2.75, 3.05) is 23.8 Å². The summed E-state index contributed by atoms with van der Waals surface area (Å²) in [6.45, 7) is 8.17. The van der Waals surface area contributed by atoms with E-state index >= 15 is 0 Å². The maximum atomic E-state index is 5.86. The summed E-state index contributed by atoms with van der Waals surface area (Å²) >= 11 is 0. The molecule has 0 radical (unpaired) electrons. The van der Waals surface area contributed by atoms with Crippen LogP contribution >= 0.6 is 0 Å². The van der Waals surface area contributed by atoms with E-state index in [1.165, 1.54) is 12.8 Å². The van der Waals surface area contributed by atoms with Crippen LogP contribution in [-0.2, 0) is 0 Å². The van der Waals surface area contributed by atoms with Crippen LogP contribution in [0.5, 0.6) is 5.88 Å². The minimum Gasteiger partial charge on any atom is -0.476 e. The van der Waals surface area contributed by atoms with Crippen molar-refractivity contribution in [1.82, 2.24) is 4.98 Å². The number of nitrogens with zero attached hydrogens (tertiary/aromatic N) is 2. The Hall–Kier alpha value is -1.45. The predicted octanol–water partition coefficient (Wildman–Crippen LogP) is 2.69. The van der Waals surface area contributed by atoms with E-state index in [2.05, 4.69) is 23.7 Å². The Balaban J connectivity index is 2.24. The van der Waals surface area contributed by atoms with Gasteiger partial charge in [-0.05, 0) is 44.7 Å². The highest BCUT2D eigenvalue weighted by molar-refractivity contribution is 5.55. The summed E-state index contributed by atoms with van der Waals surface area (Å²) in [7, 11) is 0. The number of hydrogen-bond donors (Lipinski definition) is 1. The topological polar surface area (TPSA) is 51.4 Å². The van der Waals surface area contributed by atoms with E-state index in [1.807, 2.05) is 19.1 Å². The molecule has 2 N–H and O–H groups in total. The van der Waals surface area contributed by atoms with E-state index in [0.717, 1.165) is 12.4 Å². The predicted molar refractivity (Wildman–Crippen MR) is 75.0 cm³/mol. The minimum absolute atomic E-state index is 0.518. The zero-order valence-corrected chi connectivity index (χ0v) is 11.5. The average Bonchev–Trinajstić information content (AvgIpc) is 2.36. The van der Waals surface area contributed by atoms with Crippen LogP contribution in [0.4, 0.5) is 11.5 Å². The third-order valence-corrected chi connectivity index (χ3v) is 3.82. The van der Waals surface area contributed by atoms with E-state index in [0.29, 0.717) is 30.1 Å². The standard InChI is InChI=1S/C14H23N3O/c1-4-18-14-12(15)7-8-13(16-14)17-9-5-6-10(2)11(17)3/h7-8,10-11H,4-6,9,15H2,1-3H3. The van der Waals surface area contributed by atoms with E-state index < -0.39 is 0 Å². The molecule has 1 fully saturated rings. The van der Waals surface area contributed by atoms with Gasteiger partial charge in [-0.15, -0.1) is 0 Å². The van der Waals surface area contributed by atoms with Gasteiger partial charge < -0.3 is 15.4 Å². The van der Waals surface area contributed by atoms with Gasteiger partial charge >= 0.3 is 0 Å². The van der Waals surface area contributed by atoms with Crippen LogP contribution < -0.4 is 15.4 Å². The van der Waals surface area contributed by atoms with Crippen LogP contribution in [-0.4, -0.2) is 24.2 Å². The molecule has 18 heavy (non-hydrogen) atoms. The first-order chi connectivity index (χ1) is 8.63. The van der Waals surface area contributed by atoms with Gasteiger partial charge in [-0.3, -0.25) is 0 Å². The van der Waals surface area contributed by atoms with Crippen LogP contribution in [0, 0.1) is 5.92 Å². The van der Waals surface area contributed by atoms with Crippen LogP contribution in [0.1, 0.15) is 33.6 Å². The van der Waals surface area contributed by atoms with E-state index in [-0.39, 0.29) is 0 Å². The second-order valence-corrected chi connectivity index (χ2v) is 5.05.